The van der Waals surface area contributed by atoms with Crippen LogP contribution in [-0.4, -0.2) is 25.5 Å². The van der Waals surface area contributed by atoms with Crippen molar-refractivity contribution in [3.05, 3.63) is 35.9 Å². The quantitative estimate of drug-likeness (QED) is 0.829. The Morgan fingerprint density at radius 1 is 1.47 bits per heavy atom. The fraction of sp³-hybridized carbons (Fsp3) is 0.500. The largest absolute Gasteiger partial charge is 0.359 e. The van der Waals surface area contributed by atoms with Crippen LogP contribution in [0.3, 0.4) is 0 Å². The summed E-state index contributed by atoms with van der Waals surface area (Å²) in [6.07, 6.45) is 2.94. The van der Waals surface area contributed by atoms with E-state index in [9.17, 15) is 4.79 Å². The topological polar surface area (TPSA) is 41.1 Å². The van der Waals surface area contributed by atoms with E-state index in [1.165, 1.54) is 12.0 Å². The Kier molecular flexibility index (Phi) is 4.15. The monoisotopic (exact) mass is 232 g/mol. The van der Waals surface area contributed by atoms with Crippen LogP contribution in [-0.2, 0) is 4.79 Å². The van der Waals surface area contributed by atoms with E-state index in [-0.39, 0.29) is 5.91 Å². The Hall–Kier alpha value is -1.35. The Morgan fingerprint density at radius 3 is 2.82 bits per heavy atom. The number of rotatable bonds is 4. The average molecular weight is 232 g/mol. The van der Waals surface area contributed by atoms with Crippen molar-refractivity contribution in [2.24, 2.45) is 0 Å². The molecule has 1 saturated heterocycles. The second-order valence-electron chi connectivity index (χ2n) is 4.60. The number of carbonyl (C=O) groups is 1. The van der Waals surface area contributed by atoms with Crippen molar-refractivity contribution in [2.75, 3.05) is 13.6 Å². The van der Waals surface area contributed by atoms with Crippen molar-refractivity contribution >= 4 is 5.91 Å². The molecule has 0 spiro atoms. The van der Waals surface area contributed by atoms with Crippen LogP contribution in [0.2, 0.25) is 0 Å². The molecule has 1 aliphatic rings. The Morgan fingerprint density at radius 2 is 2.24 bits per heavy atom. The summed E-state index contributed by atoms with van der Waals surface area (Å²) in [4.78, 5) is 11.6. The predicted molar refractivity (Wildman–Crippen MR) is 68.9 cm³/mol. The predicted octanol–water partition coefficient (Wildman–Crippen LogP) is 1.66. The molecule has 1 aromatic rings. The third kappa shape index (κ3) is 3.07. The Bertz CT molecular complexity index is 358. The number of carbonyl (C=O) groups excluding carboxylic acids is 1. The summed E-state index contributed by atoms with van der Waals surface area (Å²) in [5.41, 5.74) is 1.26. The second-order valence-corrected chi connectivity index (χ2v) is 4.60. The standard InChI is InChI=1S/C14H20N2O/c1-15-14(17)10-12(13-8-5-9-16-13)11-6-3-2-4-7-11/h2-4,6-7,12-13,16H,5,8-10H2,1H3,(H,15,17)/t12-,13+/m1/s1. The molecule has 1 amide bonds. The highest BCUT2D eigenvalue weighted by Gasteiger charge is 2.27. The van der Waals surface area contributed by atoms with Gasteiger partial charge in [-0.15, -0.1) is 0 Å². The van der Waals surface area contributed by atoms with Crippen LogP contribution in [0, 0.1) is 0 Å². The van der Waals surface area contributed by atoms with E-state index in [0.717, 1.165) is 13.0 Å². The second kappa shape index (κ2) is 5.82. The van der Waals surface area contributed by atoms with Gasteiger partial charge in [-0.25, -0.2) is 0 Å². The lowest BCUT2D eigenvalue weighted by molar-refractivity contribution is -0.121. The zero-order valence-electron chi connectivity index (χ0n) is 10.3. The smallest absolute Gasteiger partial charge is 0.220 e. The van der Waals surface area contributed by atoms with Crippen molar-refractivity contribution in [2.45, 2.75) is 31.2 Å². The van der Waals surface area contributed by atoms with Crippen molar-refractivity contribution in [3.63, 3.8) is 0 Å². The molecule has 0 bridgehead atoms. The number of amides is 1. The van der Waals surface area contributed by atoms with Gasteiger partial charge in [0.05, 0.1) is 0 Å². The third-order valence-corrected chi connectivity index (χ3v) is 3.50. The van der Waals surface area contributed by atoms with Crippen molar-refractivity contribution in [1.82, 2.24) is 10.6 Å². The van der Waals surface area contributed by atoms with Crippen LogP contribution in [0.1, 0.15) is 30.7 Å². The molecule has 17 heavy (non-hydrogen) atoms. The summed E-state index contributed by atoms with van der Waals surface area (Å²) in [5, 5.41) is 6.23. The normalized spacial score (nSPS) is 21.1. The first kappa shape index (κ1) is 12.1. The Balaban J connectivity index is 2.14. The van der Waals surface area contributed by atoms with Crippen molar-refractivity contribution < 1.29 is 4.79 Å². The molecule has 0 aromatic heterocycles. The van der Waals surface area contributed by atoms with Crippen molar-refractivity contribution in [3.8, 4) is 0 Å². The van der Waals surface area contributed by atoms with Crippen LogP contribution in [0.5, 0.6) is 0 Å². The van der Waals surface area contributed by atoms with Gasteiger partial charge >= 0.3 is 0 Å². The van der Waals surface area contributed by atoms with Gasteiger partial charge in [0, 0.05) is 25.4 Å². The maximum Gasteiger partial charge on any atom is 0.220 e. The average Bonchev–Trinajstić information content (AvgIpc) is 2.90. The molecule has 2 atom stereocenters. The number of nitrogens with one attached hydrogen (secondary N) is 2. The third-order valence-electron chi connectivity index (χ3n) is 3.50. The summed E-state index contributed by atoms with van der Waals surface area (Å²) in [6.45, 7) is 1.07. The number of hydrogen-bond acceptors (Lipinski definition) is 2. The maximum atomic E-state index is 11.6. The van der Waals surface area contributed by atoms with Gasteiger partial charge in [0.15, 0.2) is 0 Å². The van der Waals surface area contributed by atoms with Crippen molar-refractivity contribution in [1.29, 1.82) is 0 Å². The van der Waals surface area contributed by atoms with Crippen LogP contribution in [0.25, 0.3) is 0 Å². The van der Waals surface area contributed by atoms with E-state index in [1.54, 1.807) is 7.05 Å². The molecule has 0 aliphatic carbocycles. The van der Waals surface area contributed by atoms with Gasteiger partial charge in [-0.1, -0.05) is 30.3 Å². The zero-order valence-corrected chi connectivity index (χ0v) is 10.3. The molecule has 1 fully saturated rings. The lowest BCUT2D eigenvalue weighted by Gasteiger charge is -2.23. The molecule has 0 unspecified atom stereocenters. The van der Waals surface area contributed by atoms with Crippen LogP contribution in [0.4, 0.5) is 0 Å². The summed E-state index contributed by atoms with van der Waals surface area (Å²) in [6, 6.07) is 10.8. The van der Waals surface area contributed by atoms with Gasteiger partial charge in [0.25, 0.3) is 0 Å². The molecule has 92 valence electrons. The van der Waals surface area contributed by atoms with Gasteiger partial charge in [0.1, 0.15) is 0 Å². The van der Waals surface area contributed by atoms with Crippen LogP contribution >= 0.6 is 0 Å². The molecule has 2 rings (SSSR count). The van der Waals surface area contributed by atoms with Gasteiger partial charge in [-0.3, -0.25) is 4.79 Å². The van der Waals surface area contributed by atoms with Crippen LogP contribution in [0.15, 0.2) is 30.3 Å². The molecular weight excluding hydrogens is 212 g/mol. The minimum absolute atomic E-state index is 0.118. The number of benzene rings is 1. The van der Waals surface area contributed by atoms with Gasteiger partial charge in [0.2, 0.25) is 5.91 Å². The molecule has 3 heteroatoms. The van der Waals surface area contributed by atoms with Gasteiger partial charge in [-0.05, 0) is 24.9 Å². The van der Waals surface area contributed by atoms with Crippen LogP contribution < -0.4 is 10.6 Å². The maximum absolute atomic E-state index is 11.6. The van der Waals surface area contributed by atoms with E-state index < -0.39 is 0 Å². The van der Waals surface area contributed by atoms with E-state index in [2.05, 4.69) is 22.8 Å². The first-order valence-corrected chi connectivity index (χ1v) is 6.30. The van der Waals surface area contributed by atoms with E-state index in [0.29, 0.717) is 18.4 Å². The molecule has 1 heterocycles. The Labute approximate surface area is 103 Å². The lowest BCUT2D eigenvalue weighted by Crippen LogP contribution is -2.32. The molecule has 0 saturated carbocycles. The first-order valence-electron chi connectivity index (χ1n) is 6.30. The molecule has 0 radical (unpaired) electrons. The SMILES string of the molecule is CNC(=O)C[C@H](c1ccccc1)[C@@H]1CCCN1. The molecule has 3 nitrogen and oxygen atoms in total. The highest BCUT2D eigenvalue weighted by Crippen LogP contribution is 2.28. The highest BCUT2D eigenvalue weighted by molar-refractivity contribution is 5.76. The lowest BCUT2D eigenvalue weighted by atomic mass is 9.87. The number of hydrogen-bond donors (Lipinski definition) is 2. The summed E-state index contributed by atoms with van der Waals surface area (Å²) in [7, 11) is 1.70. The van der Waals surface area contributed by atoms with E-state index in [4.69, 9.17) is 0 Å². The summed E-state index contributed by atoms with van der Waals surface area (Å²) >= 11 is 0. The zero-order chi connectivity index (χ0) is 12.1. The fourth-order valence-electron chi connectivity index (χ4n) is 2.55. The minimum atomic E-state index is 0.118. The fourth-order valence-corrected chi connectivity index (χ4v) is 2.55. The highest BCUT2D eigenvalue weighted by atomic mass is 16.1. The molecule has 1 aromatic carbocycles. The van der Waals surface area contributed by atoms with E-state index >= 15 is 0 Å². The first-order chi connectivity index (χ1) is 8.31. The van der Waals surface area contributed by atoms with Gasteiger partial charge < -0.3 is 10.6 Å². The molecule has 2 N–H and O–H groups in total. The molecular formula is C14H20N2O. The summed E-state index contributed by atoms with van der Waals surface area (Å²) in [5.74, 6) is 0.409. The minimum Gasteiger partial charge on any atom is -0.359 e. The van der Waals surface area contributed by atoms with Gasteiger partial charge in [-0.2, -0.15) is 0 Å². The summed E-state index contributed by atoms with van der Waals surface area (Å²) < 4.78 is 0. The molecule has 1 aliphatic heterocycles. The van der Waals surface area contributed by atoms with E-state index in [1.807, 2.05) is 18.2 Å².